The second-order valence-electron chi connectivity index (χ2n) is 7.01. The van der Waals surface area contributed by atoms with Crippen LogP contribution in [0, 0.1) is 17.2 Å². The van der Waals surface area contributed by atoms with Crippen molar-refractivity contribution in [2.45, 2.75) is 49.8 Å². The summed E-state index contributed by atoms with van der Waals surface area (Å²) in [5, 5.41) is 13.3. The van der Waals surface area contributed by atoms with E-state index in [0.29, 0.717) is 38.7 Å². The molecule has 2 atom stereocenters. The number of thioether (sulfide) groups is 1. The van der Waals surface area contributed by atoms with Crippen molar-refractivity contribution in [3.8, 4) is 6.07 Å². The molecule has 0 bridgehead atoms. The maximum atomic E-state index is 12.8. The summed E-state index contributed by atoms with van der Waals surface area (Å²) >= 11 is 13.5. The van der Waals surface area contributed by atoms with E-state index in [2.05, 4.69) is 18.3 Å². The fraction of sp³-hybridized carbons (Fsp3) is 0.381. The largest absolute Gasteiger partial charge is 0.324 e. The third-order valence-corrected chi connectivity index (χ3v) is 7.03. The summed E-state index contributed by atoms with van der Waals surface area (Å²) in [6, 6.07) is 9.30. The zero-order valence-corrected chi connectivity index (χ0v) is 18.1. The highest BCUT2D eigenvalue weighted by Crippen LogP contribution is 2.34. The fourth-order valence-electron chi connectivity index (χ4n) is 3.27. The van der Waals surface area contributed by atoms with Crippen LogP contribution in [-0.2, 0) is 17.6 Å². The summed E-state index contributed by atoms with van der Waals surface area (Å²) in [6.45, 7) is 4.15. The molecule has 0 spiro atoms. The number of nitrogens with zero attached hydrogens (tertiary/aromatic N) is 2. The van der Waals surface area contributed by atoms with Gasteiger partial charge in [-0.15, -0.1) is 0 Å². The molecule has 3 rings (SSSR count). The number of aromatic nitrogens is 1. The van der Waals surface area contributed by atoms with Crippen LogP contribution in [0.2, 0.25) is 10.0 Å². The number of rotatable bonds is 5. The molecule has 1 aromatic heterocycles. The molecular formula is C21H21Cl2N3OS. The average Bonchev–Trinajstić information content (AvgIpc) is 2.68. The number of carbonyl (C=O) groups is 1. The molecule has 28 heavy (non-hydrogen) atoms. The minimum Gasteiger partial charge on any atom is -0.324 e. The summed E-state index contributed by atoms with van der Waals surface area (Å²) in [5.41, 5.74) is 3.21. The van der Waals surface area contributed by atoms with E-state index >= 15 is 0 Å². The van der Waals surface area contributed by atoms with Gasteiger partial charge in [-0.2, -0.15) is 5.26 Å². The smallest absolute Gasteiger partial charge is 0.237 e. The molecule has 4 nitrogen and oxygen atoms in total. The minimum atomic E-state index is -0.393. The molecule has 7 heteroatoms. The Balaban J connectivity index is 1.81. The molecule has 0 saturated heterocycles. The molecule has 0 fully saturated rings. The number of hydrogen-bond donors (Lipinski definition) is 1. The number of halogens is 2. The van der Waals surface area contributed by atoms with Gasteiger partial charge in [-0.05, 0) is 55.4 Å². The first kappa shape index (κ1) is 21.0. The van der Waals surface area contributed by atoms with Crippen LogP contribution in [0.4, 0.5) is 5.69 Å². The topological polar surface area (TPSA) is 65.8 Å². The van der Waals surface area contributed by atoms with Gasteiger partial charge in [0.25, 0.3) is 0 Å². The van der Waals surface area contributed by atoms with E-state index in [-0.39, 0.29) is 5.91 Å². The number of aryl methyl sites for hydroxylation is 1. The first-order valence-corrected chi connectivity index (χ1v) is 10.9. The SMILES string of the molecule is CCC(Sc1nc2c(cc1C#N)CC(C)CC2)C(=O)Nc1cccc(Cl)c1Cl. The van der Waals surface area contributed by atoms with Gasteiger partial charge in [-0.25, -0.2) is 4.98 Å². The minimum absolute atomic E-state index is 0.186. The number of nitrogens with one attached hydrogen (secondary N) is 1. The van der Waals surface area contributed by atoms with Gasteiger partial charge in [-0.1, -0.05) is 54.9 Å². The van der Waals surface area contributed by atoms with Gasteiger partial charge in [-0.3, -0.25) is 4.79 Å². The molecule has 0 aliphatic heterocycles. The highest BCUT2D eigenvalue weighted by atomic mass is 35.5. The summed E-state index contributed by atoms with van der Waals surface area (Å²) in [6.07, 6.45) is 3.56. The first-order chi connectivity index (χ1) is 13.4. The Morgan fingerprint density at radius 3 is 2.96 bits per heavy atom. The highest BCUT2D eigenvalue weighted by molar-refractivity contribution is 8.00. The molecular weight excluding hydrogens is 413 g/mol. The first-order valence-electron chi connectivity index (χ1n) is 9.27. The lowest BCUT2D eigenvalue weighted by atomic mass is 9.87. The Hall–Kier alpha value is -1.74. The normalized spacial score (nSPS) is 16.8. The van der Waals surface area contributed by atoms with Crippen molar-refractivity contribution < 1.29 is 4.79 Å². The zero-order chi connectivity index (χ0) is 20.3. The quantitative estimate of drug-likeness (QED) is 0.596. The lowest BCUT2D eigenvalue weighted by Crippen LogP contribution is -2.25. The molecule has 146 valence electrons. The van der Waals surface area contributed by atoms with Gasteiger partial charge in [0.2, 0.25) is 5.91 Å². The lowest BCUT2D eigenvalue weighted by Gasteiger charge is -2.22. The standard InChI is InChI=1S/C21H21Cl2N3OS/c1-3-18(20(27)25-17-6-4-5-15(22)19(17)23)28-21-14(11-24)10-13-9-12(2)7-8-16(13)26-21/h4-6,10,12,18H,3,7-9H2,1-2H3,(H,25,27). The Labute approximate surface area is 179 Å². The molecule has 2 aromatic rings. The Bertz CT molecular complexity index is 942. The number of carbonyl (C=O) groups excluding carboxylic acids is 1. The van der Waals surface area contributed by atoms with Crippen LogP contribution in [0.15, 0.2) is 29.3 Å². The highest BCUT2D eigenvalue weighted by Gasteiger charge is 2.24. The van der Waals surface area contributed by atoms with Gasteiger partial charge in [0, 0.05) is 5.69 Å². The summed E-state index contributed by atoms with van der Waals surface area (Å²) in [5.74, 6) is 0.421. The number of nitriles is 1. The van der Waals surface area contributed by atoms with Crippen molar-refractivity contribution in [2.24, 2.45) is 5.92 Å². The molecule has 0 saturated carbocycles. The van der Waals surface area contributed by atoms with Crippen LogP contribution in [0.5, 0.6) is 0 Å². The average molecular weight is 434 g/mol. The van der Waals surface area contributed by atoms with E-state index in [1.165, 1.54) is 11.8 Å². The van der Waals surface area contributed by atoms with Crippen molar-refractivity contribution in [3.63, 3.8) is 0 Å². The zero-order valence-electron chi connectivity index (χ0n) is 15.8. The molecule has 0 radical (unpaired) electrons. The van der Waals surface area contributed by atoms with E-state index in [1.807, 2.05) is 13.0 Å². The van der Waals surface area contributed by atoms with E-state index in [0.717, 1.165) is 30.5 Å². The molecule has 2 unspecified atom stereocenters. The number of benzene rings is 1. The molecule has 1 heterocycles. The predicted octanol–water partition coefficient (Wildman–Crippen LogP) is 5.89. The summed E-state index contributed by atoms with van der Waals surface area (Å²) in [4.78, 5) is 17.5. The van der Waals surface area contributed by atoms with Crippen LogP contribution >= 0.6 is 35.0 Å². The third-order valence-electron chi connectivity index (χ3n) is 4.85. The molecule has 1 aliphatic rings. The van der Waals surface area contributed by atoms with E-state index in [4.69, 9.17) is 28.2 Å². The van der Waals surface area contributed by atoms with Crippen LogP contribution in [0.3, 0.4) is 0 Å². The number of anilines is 1. The van der Waals surface area contributed by atoms with Crippen molar-refractivity contribution in [1.29, 1.82) is 5.26 Å². The van der Waals surface area contributed by atoms with Crippen LogP contribution in [0.1, 0.15) is 43.5 Å². The Kier molecular flexibility index (Phi) is 6.87. The number of hydrogen-bond acceptors (Lipinski definition) is 4. The molecule has 1 aliphatic carbocycles. The number of pyridine rings is 1. The third kappa shape index (κ3) is 4.63. The van der Waals surface area contributed by atoms with Gasteiger partial charge < -0.3 is 5.32 Å². The second-order valence-corrected chi connectivity index (χ2v) is 8.99. The van der Waals surface area contributed by atoms with Crippen molar-refractivity contribution in [3.05, 3.63) is 51.1 Å². The van der Waals surface area contributed by atoms with E-state index in [1.54, 1.807) is 18.2 Å². The van der Waals surface area contributed by atoms with Gasteiger partial charge in [0.15, 0.2) is 0 Å². The lowest BCUT2D eigenvalue weighted by molar-refractivity contribution is -0.115. The fourth-order valence-corrected chi connectivity index (χ4v) is 4.61. The number of amides is 1. The van der Waals surface area contributed by atoms with Crippen LogP contribution in [-0.4, -0.2) is 16.1 Å². The second kappa shape index (κ2) is 9.17. The van der Waals surface area contributed by atoms with Crippen LogP contribution < -0.4 is 5.32 Å². The van der Waals surface area contributed by atoms with Crippen molar-refractivity contribution in [1.82, 2.24) is 4.98 Å². The van der Waals surface area contributed by atoms with E-state index < -0.39 is 5.25 Å². The van der Waals surface area contributed by atoms with E-state index in [9.17, 15) is 10.1 Å². The van der Waals surface area contributed by atoms with Crippen molar-refractivity contribution in [2.75, 3.05) is 5.32 Å². The van der Waals surface area contributed by atoms with Gasteiger partial charge in [0.1, 0.15) is 11.1 Å². The maximum absolute atomic E-state index is 12.8. The Morgan fingerprint density at radius 1 is 1.46 bits per heavy atom. The number of fused-ring (bicyclic) bond motifs is 1. The van der Waals surface area contributed by atoms with Gasteiger partial charge >= 0.3 is 0 Å². The molecule has 1 aromatic carbocycles. The molecule has 1 amide bonds. The van der Waals surface area contributed by atoms with Crippen LogP contribution in [0.25, 0.3) is 0 Å². The summed E-state index contributed by atoms with van der Waals surface area (Å²) < 4.78 is 0. The van der Waals surface area contributed by atoms with Gasteiger partial charge in [0.05, 0.1) is 26.5 Å². The predicted molar refractivity (Wildman–Crippen MR) is 115 cm³/mol. The molecule has 1 N–H and O–H groups in total. The monoisotopic (exact) mass is 433 g/mol. The maximum Gasteiger partial charge on any atom is 0.237 e. The summed E-state index contributed by atoms with van der Waals surface area (Å²) in [7, 11) is 0. The van der Waals surface area contributed by atoms with Crippen molar-refractivity contribution >= 4 is 46.6 Å². The Morgan fingerprint density at radius 2 is 2.25 bits per heavy atom.